The number of rotatable bonds is 3. The SMILES string of the molecule is Cc1ncc2c(n1)CN(C(=O)Nc1nc(-c3cccs3)ccc1[N+](=O)[O-])C2. The van der Waals surface area contributed by atoms with E-state index in [-0.39, 0.29) is 11.5 Å². The Morgan fingerprint density at radius 3 is 2.89 bits per heavy atom. The Morgan fingerprint density at radius 1 is 1.30 bits per heavy atom. The predicted molar refractivity (Wildman–Crippen MR) is 99.2 cm³/mol. The number of urea groups is 1. The van der Waals surface area contributed by atoms with Crippen LogP contribution in [0.5, 0.6) is 0 Å². The van der Waals surface area contributed by atoms with Gasteiger partial charge in [-0.1, -0.05) is 6.07 Å². The first-order chi connectivity index (χ1) is 13.0. The standard InChI is InChI=1S/C17H14N6O3S/c1-10-18-7-11-8-22(9-13(11)19-10)17(24)21-16-14(23(25)26)5-4-12(20-16)15-3-2-6-27-15/h2-7H,8-9H2,1H3,(H,20,21,24). The van der Waals surface area contributed by atoms with Gasteiger partial charge in [-0.05, 0) is 24.4 Å². The van der Waals surface area contributed by atoms with Gasteiger partial charge < -0.3 is 4.90 Å². The third-order valence-corrected chi connectivity index (χ3v) is 5.03. The molecule has 0 fully saturated rings. The van der Waals surface area contributed by atoms with Crippen LogP contribution in [0.2, 0.25) is 0 Å². The molecule has 27 heavy (non-hydrogen) atoms. The Balaban J connectivity index is 1.59. The molecule has 0 unspecified atom stereocenters. The number of carbonyl (C=O) groups excluding carboxylic acids is 1. The first kappa shape index (κ1) is 17.0. The van der Waals surface area contributed by atoms with Gasteiger partial charge in [0, 0.05) is 17.8 Å². The lowest BCUT2D eigenvalue weighted by Gasteiger charge is -2.16. The normalized spacial score (nSPS) is 12.7. The summed E-state index contributed by atoms with van der Waals surface area (Å²) in [4.78, 5) is 38.5. The van der Waals surface area contributed by atoms with E-state index in [1.165, 1.54) is 22.3 Å². The number of anilines is 1. The van der Waals surface area contributed by atoms with E-state index in [1.807, 2.05) is 17.5 Å². The lowest BCUT2D eigenvalue weighted by Crippen LogP contribution is -2.31. The van der Waals surface area contributed by atoms with E-state index in [1.54, 1.807) is 19.2 Å². The number of pyridine rings is 1. The van der Waals surface area contributed by atoms with Crippen molar-refractivity contribution in [3.63, 3.8) is 0 Å². The summed E-state index contributed by atoms with van der Waals surface area (Å²) in [5, 5.41) is 15.8. The summed E-state index contributed by atoms with van der Waals surface area (Å²) < 4.78 is 0. The molecule has 0 spiro atoms. The molecule has 0 aliphatic carbocycles. The van der Waals surface area contributed by atoms with Crippen LogP contribution in [-0.4, -0.2) is 30.8 Å². The molecule has 0 aromatic carbocycles. The lowest BCUT2D eigenvalue weighted by atomic mass is 10.3. The fourth-order valence-corrected chi connectivity index (χ4v) is 3.53. The third-order valence-electron chi connectivity index (χ3n) is 4.13. The molecule has 0 bridgehead atoms. The van der Waals surface area contributed by atoms with Gasteiger partial charge in [0.25, 0.3) is 0 Å². The molecule has 1 aliphatic heterocycles. The maximum absolute atomic E-state index is 12.6. The Bertz CT molecular complexity index is 1040. The number of aryl methyl sites for hydroxylation is 1. The lowest BCUT2D eigenvalue weighted by molar-refractivity contribution is -0.384. The van der Waals surface area contributed by atoms with Crippen LogP contribution in [0.1, 0.15) is 17.1 Å². The van der Waals surface area contributed by atoms with E-state index in [2.05, 4.69) is 20.3 Å². The quantitative estimate of drug-likeness (QED) is 0.549. The second-order valence-electron chi connectivity index (χ2n) is 5.97. The van der Waals surface area contributed by atoms with Gasteiger partial charge in [-0.2, -0.15) is 0 Å². The van der Waals surface area contributed by atoms with Crippen molar-refractivity contribution in [3.8, 4) is 10.6 Å². The van der Waals surface area contributed by atoms with Gasteiger partial charge in [0.1, 0.15) is 5.82 Å². The topological polar surface area (TPSA) is 114 Å². The summed E-state index contributed by atoms with van der Waals surface area (Å²) in [6.45, 7) is 2.45. The van der Waals surface area contributed by atoms with Crippen molar-refractivity contribution >= 4 is 28.9 Å². The molecule has 3 aromatic rings. The Kier molecular flexibility index (Phi) is 4.24. The van der Waals surface area contributed by atoms with Gasteiger partial charge in [-0.25, -0.2) is 19.7 Å². The molecule has 0 atom stereocenters. The molecular formula is C17H14N6O3S. The molecular weight excluding hydrogens is 368 g/mol. The second kappa shape index (κ2) is 6.72. The summed E-state index contributed by atoms with van der Waals surface area (Å²) in [7, 11) is 0. The summed E-state index contributed by atoms with van der Waals surface area (Å²) in [6.07, 6.45) is 1.70. The average Bonchev–Trinajstić information content (AvgIpc) is 3.30. The first-order valence-electron chi connectivity index (χ1n) is 8.08. The van der Waals surface area contributed by atoms with E-state index >= 15 is 0 Å². The summed E-state index contributed by atoms with van der Waals surface area (Å²) >= 11 is 1.47. The molecule has 1 N–H and O–H groups in total. The number of fused-ring (bicyclic) bond motifs is 1. The minimum absolute atomic E-state index is 0.0749. The van der Waals surface area contributed by atoms with Crippen molar-refractivity contribution in [2.75, 3.05) is 5.32 Å². The highest BCUT2D eigenvalue weighted by atomic mass is 32.1. The molecule has 3 aromatic heterocycles. The number of amides is 2. The number of carbonyl (C=O) groups is 1. The number of hydrogen-bond acceptors (Lipinski definition) is 7. The molecule has 0 saturated heterocycles. The first-order valence-corrected chi connectivity index (χ1v) is 8.96. The molecule has 136 valence electrons. The zero-order chi connectivity index (χ0) is 19.0. The monoisotopic (exact) mass is 382 g/mol. The van der Waals surface area contributed by atoms with Crippen molar-refractivity contribution in [2.24, 2.45) is 0 Å². The van der Waals surface area contributed by atoms with Gasteiger partial charge >= 0.3 is 11.7 Å². The van der Waals surface area contributed by atoms with Crippen LogP contribution < -0.4 is 5.32 Å². The van der Waals surface area contributed by atoms with Crippen LogP contribution in [0.15, 0.2) is 35.8 Å². The van der Waals surface area contributed by atoms with Gasteiger partial charge in [-0.15, -0.1) is 11.3 Å². The number of hydrogen-bond donors (Lipinski definition) is 1. The largest absolute Gasteiger partial charge is 0.323 e. The zero-order valence-electron chi connectivity index (χ0n) is 14.2. The fourth-order valence-electron chi connectivity index (χ4n) is 2.83. The highest BCUT2D eigenvalue weighted by Crippen LogP contribution is 2.30. The van der Waals surface area contributed by atoms with Crippen LogP contribution in [0, 0.1) is 17.0 Å². The van der Waals surface area contributed by atoms with Crippen molar-refractivity contribution in [1.29, 1.82) is 0 Å². The van der Waals surface area contributed by atoms with Crippen molar-refractivity contribution < 1.29 is 9.72 Å². The van der Waals surface area contributed by atoms with E-state index in [4.69, 9.17) is 0 Å². The number of nitro groups is 1. The minimum atomic E-state index is -0.561. The van der Waals surface area contributed by atoms with Crippen LogP contribution in [0.25, 0.3) is 10.6 Å². The number of thiophene rings is 1. The highest BCUT2D eigenvalue weighted by Gasteiger charge is 2.27. The molecule has 4 heterocycles. The fraction of sp³-hybridized carbons (Fsp3) is 0.176. The van der Waals surface area contributed by atoms with Crippen LogP contribution in [0.3, 0.4) is 0 Å². The maximum atomic E-state index is 12.6. The van der Waals surface area contributed by atoms with Gasteiger partial charge in [0.05, 0.1) is 34.3 Å². The molecule has 10 heteroatoms. The summed E-state index contributed by atoms with van der Waals surface area (Å²) in [5.41, 5.74) is 1.96. The summed E-state index contributed by atoms with van der Waals surface area (Å²) in [6, 6.07) is 6.19. The highest BCUT2D eigenvalue weighted by molar-refractivity contribution is 7.13. The second-order valence-corrected chi connectivity index (χ2v) is 6.92. The van der Waals surface area contributed by atoms with E-state index in [9.17, 15) is 14.9 Å². The predicted octanol–water partition coefficient (Wildman–Crippen LogP) is 3.36. The molecule has 4 rings (SSSR count). The molecule has 2 amide bonds. The van der Waals surface area contributed by atoms with E-state index in [0.717, 1.165) is 16.1 Å². The van der Waals surface area contributed by atoms with Gasteiger partial charge in [-0.3, -0.25) is 15.4 Å². The Morgan fingerprint density at radius 2 is 2.15 bits per heavy atom. The molecule has 1 aliphatic rings. The van der Waals surface area contributed by atoms with Crippen molar-refractivity contribution in [2.45, 2.75) is 20.0 Å². The molecule has 0 saturated carbocycles. The van der Waals surface area contributed by atoms with Crippen LogP contribution in [0.4, 0.5) is 16.3 Å². The number of aromatic nitrogens is 3. The van der Waals surface area contributed by atoms with Gasteiger partial charge in [0.15, 0.2) is 0 Å². The van der Waals surface area contributed by atoms with Gasteiger partial charge in [0.2, 0.25) is 5.82 Å². The molecule has 0 radical (unpaired) electrons. The van der Waals surface area contributed by atoms with Crippen molar-refractivity contribution in [3.05, 3.63) is 63.0 Å². The van der Waals surface area contributed by atoms with E-state index in [0.29, 0.717) is 24.6 Å². The maximum Gasteiger partial charge on any atom is 0.323 e. The number of nitrogens with zero attached hydrogens (tertiary/aromatic N) is 5. The third kappa shape index (κ3) is 3.34. The Labute approximate surface area is 157 Å². The Hall–Kier alpha value is -3.40. The number of nitrogens with one attached hydrogen (secondary N) is 1. The van der Waals surface area contributed by atoms with Crippen molar-refractivity contribution in [1.82, 2.24) is 19.9 Å². The summed E-state index contributed by atoms with van der Waals surface area (Å²) in [5.74, 6) is 0.561. The van der Waals surface area contributed by atoms with E-state index < -0.39 is 11.0 Å². The average molecular weight is 382 g/mol. The zero-order valence-corrected chi connectivity index (χ0v) is 15.1. The smallest absolute Gasteiger partial charge is 0.314 e. The molecule has 9 nitrogen and oxygen atoms in total. The van der Waals surface area contributed by atoms with Crippen LogP contribution >= 0.6 is 11.3 Å². The minimum Gasteiger partial charge on any atom is -0.314 e. The van der Waals surface area contributed by atoms with Crippen LogP contribution in [-0.2, 0) is 13.1 Å².